The molecule has 1 amide bonds. The Kier molecular flexibility index (Phi) is 9.20. The number of alkyl carbamates (subject to hydrolysis) is 1. The molecule has 11 heteroatoms. The average molecular weight is 589 g/mol. The van der Waals surface area contributed by atoms with Crippen LogP contribution in [0.4, 0.5) is 4.79 Å². The second-order valence-corrected chi connectivity index (χ2v) is 13.6. The van der Waals surface area contributed by atoms with Gasteiger partial charge in [-0.15, -0.1) is 0 Å². The number of hydrogen-bond acceptors (Lipinski definition) is 8. The molecule has 1 aliphatic carbocycles. The number of hydrogen-bond donors (Lipinski definition) is 2. The molecule has 5 unspecified atom stereocenters. The first-order valence-electron chi connectivity index (χ1n) is 14.2. The van der Waals surface area contributed by atoms with Gasteiger partial charge >= 0.3 is 6.09 Å². The minimum absolute atomic E-state index is 0.000262. The summed E-state index contributed by atoms with van der Waals surface area (Å²) in [5.74, 6) is 0.951. The van der Waals surface area contributed by atoms with E-state index in [1.165, 1.54) is 23.5 Å². The van der Waals surface area contributed by atoms with Crippen molar-refractivity contribution in [2.24, 2.45) is 17.8 Å². The molecule has 2 aromatic carbocycles. The molecular formula is C30H40N2O8S. The van der Waals surface area contributed by atoms with E-state index in [9.17, 15) is 18.3 Å². The maximum absolute atomic E-state index is 13.7. The number of carbonyl (C=O) groups is 1. The molecule has 41 heavy (non-hydrogen) atoms. The number of fused-ring (bicyclic) bond motifs is 2. The lowest BCUT2D eigenvalue weighted by Crippen LogP contribution is -2.53. The number of aliphatic hydroxyl groups excluding tert-OH is 1. The van der Waals surface area contributed by atoms with E-state index < -0.39 is 34.4 Å². The molecular weight excluding hydrogens is 548 g/mol. The van der Waals surface area contributed by atoms with Crippen LogP contribution in [0.15, 0.2) is 59.5 Å². The summed E-state index contributed by atoms with van der Waals surface area (Å²) in [6.07, 6.45) is -0.762. The molecule has 2 aromatic rings. The first-order chi connectivity index (χ1) is 19.6. The topological polar surface area (TPSA) is 124 Å². The Labute approximate surface area is 242 Å². The third-order valence-electron chi connectivity index (χ3n) is 8.11. The lowest BCUT2D eigenvalue weighted by molar-refractivity contribution is -0.153. The predicted octanol–water partition coefficient (Wildman–Crippen LogP) is 3.19. The Morgan fingerprint density at radius 1 is 1.07 bits per heavy atom. The van der Waals surface area contributed by atoms with Crippen molar-refractivity contribution in [1.82, 2.24) is 9.62 Å². The zero-order valence-corrected chi connectivity index (χ0v) is 24.5. The van der Waals surface area contributed by atoms with Crippen molar-refractivity contribution in [3.63, 3.8) is 0 Å². The van der Waals surface area contributed by atoms with E-state index in [4.69, 9.17) is 18.9 Å². The molecule has 2 heterocycles. The van der Waals surface area contributed by atoms with Gasteiger partial charge in [0.15, 0.2) is 6.29 Å². The summed E-state index contributed by atoms with van der Waals surface area (Å²) in [6, 6.07) is 14.8. The minimum atomic E-state index is -3.94. The van der Waals surface area contributed by atoms with Gasteiger partial charge in [0.25, 0.3) is 0 Å². The third-order valence-corrected chi connectivity index (χ3v) is 9.95. The quantitative estimate of drug-likeness (QED) is 0.388. The monoisotopic (exact) mass is 588 g/mol. The van der Waals surface area contributed by atoms with Crippen LogP contribution in [0.25, 0.3) is 0 Å². The van der Waals surface area contributed by atoms with Gasteiger partial charge in [0.1, 0.15) is 11.9 Å². The second-order valence-electron chi connectivity index (χ2n) is 11.6. The van der Waals surface area contributed by atoms with Gasteiger partial charge < -0.3 is 29.4 Å². The molecule has 0 spiro atoms. The fourth-order valence-electron chi connectivity index (χ4n) is 6.09. The molecule has 3 fully saturated rings. The van der Waals surface area contributed by atoms with Crippen LogP contribution in [0.3, 0.4) is 0 Å². The number of sulfonamides is 1. The Hall–Kier alpha value is -2.70. The maximum atomic E-state index is 13.7. The number of carbonyl (C=O) groups excluding carboxylic acids is 1. The van der Waals surface area contributed by atoms with Gasteiger partial charge in [-0.25, -0.2) is 13.2 Å². The lowest BCUT2D eigenvalue weighted by atomic mass is 9.78. The van der Waals surface area contributed by atoms with Crippen LogP contribution in [-0.2, 0) is 30.7 Å². The summed E-state index contributed by atoms with van der Waals surface area (Å²) in [5.41, 5.74) is 0.886. The highest BCUT2D eigenvalue weighted by Gasteiger charge is 2.53. The fraction of sp³-hybridized carbons (Fsp3) is 0.567. The first-order valence-corrected chi connectivity index (χ1v) is 15.7. The zero-order valence-electron chi connectivity index (χ0n) is 23.7. The highest BCUT2D eigenvalue weighted by Crippen LogP contribution is 2.46. The molecule has 2 N–H and O–H groups in total. The number of methoxy groups -OCH3 is 1. The summed E-state index contributed by atoms with van der Waals surface area (Å²) in [5, 5.41) is 14.3. The first kappa shape index (κ1) is 29.8. The normalized spacial score (nSPS) is 26.6. The van der Waals surface area contributed by atoms with Gasteiger partial charge in [0, 0.05) is 24.9 Å². The summed E-state index contributed by atoms with van der Waals surface area (Å²) in [4.78, 5) is 13.3. The molecule has 1 saturated carbocycles. The van der Waals surface area contributed by atoms with Gasteiger partial charge in [-0.05, 0) is 55.0 Å². The van der Waals surface area contributed by atoms with Crippen molar-refractivity contribution >= 4 is 16.1 Å². The summed E-state index contributed by atoms with van der Waals surface area (Å²) < 4.78 is 51.4. The van der Waals surface area contributed by atoms with Gasteiger partial charge in [-0.2, -0.15) is 4.31 Å². The van der Waals surface area contributed by atoms with E-state index in [0.29, 0.717) is 18.3 Å². The molecule has 10 nitrogen and oxygen atoms in total. The van der Waals surface area contributed by atoms with E-state index in [-0.39, 0.29) is 48.6 Å². The number of rotatable bonds is 12. The van der Waals surface area contributed by atoms with Gasteiger partial charge in [0.05, 0.1) is 36.9 Å². The molecule has 0 radical (unpaired) electrons. The summed E-state index contributed by atoms with van der Waals surface area (Å²) >= 11 is 0. The van der Waals surface area contributed by atoms with E-state index in [0.717, 1.165) is 18.4 Å². The molecule has 2 saturated heterocycles. The Balaban J connectivity index is 1.32. The van der Waals surface area contributed by atoms with Crippen molar-refractivity contribution in [1.29, 1.82) is 0 Å². The third kappa shape index (κ3) is 6.86. The van der Waals surface area contributed by atoms with E-state index >= 15 is 0 Å². The molecule has 7 atom stereocenters. The van der Waals surface area contributed by atoms with E-state index in [1.54, 1.807) is 12.1 Å². The van der Waals surface area contributed by atoms with Crippen LogP contribution < -0.4 is 10.1 Å². The molecule has 3 bridgehead atoms. The number of aliphatic hydroxyl groups is 1. The van der Waals surface area contributed by atoms with E-state index in [2.05, 4.69) is 5.32 Å². The van der Waals surface area contributed by atoms with Crippen molar-refractivity contribution in [3.05, 3.63) is 60.2 Å². The molecule has 3 aliphatic rings. The number of benzene rings is 2. The largest absolute Gasteiger partial charge is 0.497 e. The zero-order chi connectivity index (χ0) is 29.1. The minimum Gasteiger partial charge on any atom is -0.497 e. The Morgan fingerprint density at radius 2 is 1.80 bits per heavy atom. The number of amides is 1. The SMILES string of the molecule is COc1ccc(S(=O)(=O)N(CC(C)C)C[C@@H](O)[C@H](Cc2ccccc2)NC(=O)OC2C3COC4OC2CC4C3)cc1. The van der Waals surface area contributed by atoms with Crippen LogP contribution in [0.5, 0.6) is 5.75 Å². The fourth-order valence-corrected chi connectivity index (χ4v) is 7.72. The highest BCUT2D eigenvalue weighted by atomic mass is 32.2. The van der Waals surface area contributed by atoms with Gasteiger partial charge in [0.2, 0.25) is 10.0 Å². The maximum Gasteiger partial charge on any atom is 0.407 e. The highest BCUT2D eigenvalue weighted by molar-refractivity contribution is 7.89. The van der Waals surface area contributed by atoms with Crippen LogP contribution in [0.1, 0.15) is 32.3 Å². The number of ether oxygens (including phenoxy) is 4. The summed E-state index contributed by atoms with van der Waals surface area (Å²) in [7, 11) is -2.43. The Bertz CT molecular complexity index is 1270. The predicted molar refractivity (Wildman–Crippen MR) is 151 cm³/mol. The van der Waals surface area contributed by atoms with Gasteiger partial charge in [-0.1, -0.05) is 44.2 Å². The summed E-state index contributed by atoms with van der Waals surface area (Å²) in [6.45, 7) is 4.30. The van der Waals surface area contributed by atoms with Crippen LogP contribution >= 0.6 is 0 Å². The lowest BCUT2D eigenvalue weighted by Gasteiger charge is -2.37. The van der Waals surface area contributed by atoms with Crippen molar-refractivity contribution in [2.45, 2.75) is 68.6 Å². The molecule has 2 aliphatic heterocycles. The van der Waals surface area contributed by atoms with Crippen LogP contribution in [0.2, 0.25) is 0 Å². The average Bonchev–Trinajstić information content (AvgIpc) is 3.25. The van der Waals surface area contributed by atoms with Crippen LogP contribution in [-0.4, -0.2) is 81.4 Å². The standard InChI is InChI=1S/C30H40N2O8S/c1-19(2)16-32(41(35,36)24-11-9-23(37-3)10-12-24)17-26(33)25(13-20-7-5-4-6-8-20)31-30(34)40-28-22-14-21-15-27(28)39-29(21)38-18-22/h4-12,19,21-22,25-29,33H,13-18H2,1-3H3,(H,31,34)/t21?,22?,25-,26+,27?,28?,29?/m0/s1. The van der Waals surface area contributed by atoms with Crippen molar-refractivity contribution in [3.8, 4) is 5.75 Å². The van der Waals surface area contributed by atoms with Crippen molar-refractivity contribution < 1.29 is 37.3 Å². The van der Waals surface area contributed by atoms with E-state index in [1.807, 2.05) is 44.2 Å². The van der Waals surface area contributed by atoms with Gasteiger partial charge in [-0.3, -0.25) is 0 Å². The number of nitrogens with zero attached hydrogens (tertiary/aromatic N) is 1. The smallest absolute Gasteiger partial charge is 0.407 e. The molecule has 5 rings (SSSR count). The molecule has 0 aromatic heterocycles. The number of nitrogens with one attached hydrogen (secondary N) is 1. The molecule has 224 valence electrons. The second kappa shape index (κ2) is 12.7. The Morgan fingerprint density at radius 3 is 2.49 bits per heavy atom. The van der Waals surface area contributed by atoms with Crippen molar-refractivity contribution in [2.75, 3.05) is 26.8 Å². The van der Waals surface area contributed by atoms with Crippen LogP contribution in [0, 0.1) is 17.8 Å².